The normalized spacial score (nSPS) is 19.3. The number of ether oxygens (including phenoxy) is 1. The Morgan fingerprint density at radius 1 is 1.43 bits per heavy atom. The molecule has 2 rings (SSSR count). The molecule has 1 aromatic rings. The first-order valence-electron chi connectivity index (χ1n) is 7.85. The predicted molar refractivity (Wildman–Crippen MR) is 86.6 cm³/mol. The van der Waals surface area contributed by atoms with Crippen molar-refractivity contribution in [1.29, 1.82) is 5.26 Å². The van der Waals surface area contributed by atoms with Crippen molar-refractivity contribution < 1.29 is 9.53 Å². The van der Waals surface area contributed by atoms with Crippen LogP contribution >= 0.6 is 0 Å². The molecule has 0 radical (unpaired) electrons. The third-order valence-electron chi connectivity index (χ3n) is 3.68. The molecule has 1 fully saturated rings. The zero-order valence-electron chi connectivity index (χ0n) is 14.2. The number of nitriles is 1. The molecule has 124 valence electrons. The number of pyridine rings is 1. The minimum absolute atomic E-state index is 0.0944. The van der Waals surface area contributed by atoms with Crippen molar-refractivity contribution in [1.82, 2.24) is 14.8 Å². The van der Waals surface area contributed by atoms with Crippen molar-refractivity contribution >= 4 is 6.09 Å². The van der Waals surface area contributed by atoms with Crippen LogP contribution in [0, 0.1) is 11.3 Å². The predicted octanol–water partition coefficient (Wildman–Crippen LogP) is 2.39. The quantitative estimate of drug-likeness (QED) is 0.838. The van der Waals surface area contributed by atoms with Crippen LogP contribution < -0.4 is 0 Å². The van der Waals surface area contributed by atoms with E-state index in [1.165, 1.54) is 0 Å². The summed E-state index contributed by atoms with van der Waals surface area (Å²) in [7, 11) is 0. The lowest BCUT2D eigenvalue weighted by atomic mass is 10.1. The third kappa shape index (κ3) is 4.93. The number of hydrogen-bond acceptors (Lipinski definition) is 5. The Kier molecular flexibility index (Phi) is 5.22. The number of aromatic nitrogens is 1. The average Bonchev–Trinajstić information content (AvgIpc) is 2.46. The fraction of sp³-hybridized carbons (Fsp3) is 0.588. The van der Waals surface area contributed by atoms with Gasteiger partial charge in [0.2, 0.25) is 0 Å². The first-order valence-corrected chi connectivity index (χ1v) is 7.85. The van der Waals surface area contributed by atoms with Gasteiger partial charge in [0.05, 0.1) is 11.3 Å². The van der Waals surface area contributed by atoms with Gasteiger partial charge >= 0.3 is 6.09 Å². The van der Waals surface area contributed by atoms with Gasteiger partial charge < -0.3 is 9.64 Å². The van der Waals surface area contributed by atoms with Crippen molar-refractivity contribution in [3.05, 3.63) is 29.6 Å². The standard InChI is InChI=1S/C17H24N4O2/c1-13-11-20(12-15-6-5-14(9-18)10-19-15)7-8-21(13)16(22)23-17(2,3)4/h5-6,10,13H,7-8,11-12H2,1-4H3. The van der Waals surface area contributed by atoms with Crippen LogP contribution in [-0.4, -0.2) is 52.2 Å². The van der Waals surface area contributed by atoms with Crippen LogP contribution in [0.3, 0.4) is 0 Å². The van der Waals surface area contributed by atoms with Crippen molar-refractivity contribution in [2.24, 2.45) is 0 Å². The number of hydrogen-bond donors (Lipinski definition) is 0. The lowest BCUT2D eigenvalue weighted by Gasteiger charge is -2.40. The SMILES string of the molecule is CC1CN(Cc2ccc(C#N)cn2)CCN1C(=O)OC(C)(C)C. The molecule has 23 heavy (non-hydrogen) atoms. The molecule has 1 amide bonds. The van der Waals surface area contributed by atoms with E-state index >= 15 is 0 Å². The highest BCUT2D eigenvalue weighted by molar-refractivity contribution is 5.68. The van der Waals surface area contributed by atoms with Crippen LogP contribution in [0.1, 0.15) is 39.0 Å². The van der Waals surface area contributed by atoms with Gasteiger partial charge in [-0.05, 0) is 39.8 Å². The van der Waals surface area contributed by atoms with E-state index in [-0.39, 0.29) is 12.1 Å². The molecule has 1 saturated heterocycles. The summed E-state index contributed by atoms with van der Waals surface area (Å²) in [6, 6.07) is 5.82. The number of carbonyl (C=O) groups is 1. The zero-order chi connectivity index (χ0) is 17.0. The number of carbonyl (C=O) groups excluding carboxylic acids is 1. The highest BCUT2D eigenvalue weighted by Crippen LogP contribution is 2.16. The minimum Gasteiger partial charge on any atom is -0.444 e. The maximum atomic E-state index is 12.2. The first kappa shape index (κ1) is 17.2. The third-order valence-corrected chi connectivity index (χ3v) is 3.68. The summed E-state index contributed by atoms with van der Waals surface area (Å²) in [6.45, 7) is 10.6. The summed E-state index contributed by atoms with van der Waals surface area (Å²) in [4.78, 5) is 20.6. The summed E-state index contributed by atoms with van der Waals surface area (Å²) in [6.07, 6.45) is 1.34. The lowest BCUT2D eigenvalue weighted by Crippen LogP contribution is -2.54. The van der Waals surface area contributed by atoms with Gasteiger partial charge in [0, 0.05) is 38.4 Å². The molecule has 1 aliphatic rings. The second-order valence-corrected chi connectivity index (χ2v) is 6.91. The largest absolute Gasteiger partial charge is 0.444 e. The van der Waals surface area contributed by atoms with E-state index in [1.807, 2.05) is 33.8 Å². The Morgan fingerprint density at radius 3 is 2.70 bits per heavy atom. The van der Waals surface area contributed by atoms with Crippen LogP contribution in [0.25, 0.3) is 0 Å². The van der Waals surface area contributed by atoms with Gasteiger partial charge in [-0.2, -0.15) is 5.26 Å². The van der Waals surface area contributed by atoms with Crippen LogP contribution in [0.15, 0.2) is 18.3 Å². The molecule has 6 heteroatoms. The monoisotopic (exact) mass is 316 g/mol. The van der Waals surface area contributed by atoms with E-state index in [1.54, 1.807) is 17.2 Å². The van der Waals surface area contributed by atoms with E-state index in [4.69, 9.17) is 10.00 Å². The molecule has 0 aliphatic carbocycles. The number of nitrogens with zero attached hydrogens (tertiary/aromatic N) is 4. The Hall–Kier alpha value is -2.13. The smallest absolute Gasteiger partial charge is 0.410 e. The van der Waals surface area contributed by atoms with E-state index in [0.29, 0.717) is 12.1 Å². The van der Waals surface area contributed by atoms with Gasteiger partial charge in [-0.25, -0.2) is 4.79 Å². The molecule has 0 saturated carbocycles. The van der Waals surface area contributed by atoms with Crippen LogP contribution in [0.5, 0.6) is 0 Å². The molecule has 6 nitrogen and oxygen atoms in total. The van der Waals surface area contributed by atoms with Crippen molar-refractivity contribution in [3.63, 3.8) is 0 Å². The molecule has 0 bridgehead atoms. The minimum atomic E-state index is -0.472. The summed E-state index contributed by atoms with van der Waals surface area (Å²) in [5.41, 5.74) is 1.03. The molecule has 0 spiro atoms. The molecule has 1 aliphatic heterocycles. The van der Waals surface area contributed by atoms with E-state index in [0.717, 1.165) is 25.3 Å². The molecule has 1 atom stereocenters. The van der Waals surface area contributed by atoms with Gasteiger partial charge in [-0.3, -0.25) is 9.88 Å². The van der Waals surface area contributed by atoms with Gasteiger partial charge in [0.1, 0.15) is 11.7 Å². The zero-order valence-corrected chi connectivity index (χ0v) is 14.2. The second kappa shape index (κ2) is 6.97. The van der Waals surface area contributed by atoms with E-state index in [9.17, 15) is 4.79 Å². The average molecular weight is 316 g/mol. The summed E-state index contributed by atoms with van der Waals surface area (Å²) in [5, 5.41) is 8.80. The summed E-state index contributed by atoms with van der Waals surface area (Å²) >= 11 is 0. The molecule has 1 aromatic heterocycles. The fourth-order valence-electron chi connectivity index (χ4n) is 2.58. The topological polar surface area (TPSA) is 69.5 Å². The molecule has 0 aromatic carbocycles. The molecular formula is C17H24N4O2. The molecule has 1 unspecified atom stereocenters. The van der Waals surface area contributed by atoms with Gasteiger partial charge in [-0.1, -0.05) is 0 Å². The highest BCUT2D eigenvalue weighted by atomic mass is 16.6. The number of rotatable bonds is 2. The van der Waals surface area contributed by atoms with Crippen molar-refractivity contribution in [2.45, 2.75) is 45.9 Å². The molecule has 0 N–H and O–H groups in total. The highest BCUT2D eigenvalue weighted by Gasteiger charge is 2.30. The Bertz CT molecular complexity index is 586. The van der Waals surface area contributed by atoms with Crippen LogP contribution in [-0.2, 0) is 11.3 Å². The fourth-order valence-corrected chi connectivity index (χ4v) is 2.58. The van der Waals surface area contributed by atoms with Gasteiger partial charge in [0.15, 0.2) is 0 Å². The maximum Gasteiger partial charge on any atom is 0.410 e. The molecular weight excluding hydrogens is 292 g/mol. The first-order chi connectivity index (χ1) is 10.8. The Morgan fingerprint density at radius 2 is 2.17 bits per heavy atom. The number of amides is 1. The summed E-state index contributed by atoms with van der Waals surface area (Å²) < 4.78 is 5.45. The molecule has 2 heterocycles. The maximum absolute atomic E-state index is 12.2. The van der Waals surface area contributed by atoms with E-state index < -0.39 is 5.60 Å². The Labute approximate surface area is 137 Å². The summed E-state index contributed by atoms with van der Waals surface area (Å²) in [5.74, 6) is 0. The Balaban J connectivity index is 1.90. The van der Waals surface area contributed by atoms with Crippen molar-refractivity contribution in [3.8, 4) is 6.07 Å². The number of piperazine rings is 1. The lowest BCUT2D eigenvalue weighted by molar-refractivity contribution is 0.000438. The van der Waals surface area contributed by atoms with Gasteiger partial charge in [-0.15, -0.1) is 0 Å². The second-order valence-electron chi connectivity index (χ2n) is 6.91. The van der Waals surface area contributed by atoms with Crippen LogP contribution in [0.2, 0.25) is 0 Å². The van der Waals surface area contributed by atoms with Crippen molar-refractivity contribution in [2.75, 3.05) is 19.6 Å². The van der Waals surface area contributed by atoms with Crippen LogP contribution in [0.4, 0.5) is 4.79 Å². The van der Waals surface area contributed by atoms with E-state index in [2.05, 4.69) is 16.0 Å². The van der Waals surface area contributed by atoms with Gasteiger partial charge in [0.25, 0.3) is 0 Å².